The van der Waals surface area contributed by atoms with Crippen LogP contribution in [0.5, 0.6) is 0 Å². The molecule has 170 valence electrons. The van der Waals surface area contributed by atoms with Gasteiger partial charge in [0.1, 0.15) is 5.82 Å². The van der Waals surface area contributed by atoms with E-state index in [1.807, 2.05) is 13.8 Å². The number of nitrogens with zero attached hydrogens (tertiary/aromatic N) is 4. The number of rotatable bonds is 4. The summed E-state index contributed by atoms with van der Waals surface area (Å²) >= 11 is 6.03. The number of H-pyrrole nitrogens is 1. The summed E-state index contributed by atoms with van der Waals surface area (Å²) in [4.78, 5) is 36.2. The van der Waals surface area contributed by atoms with Crippen LogP contribution >= 0.6 is 11.6 Å². The molecule has 1 aliphatic rings. The molecule has 0 spiro atoms. The van der Waals surface area contributed by atoms with Gasteiger partial charge in [0.2, 0.25) is 5.91 Å². The lowest BCUT2D eigenvalue weighted by molar-refractivity contribution is -0.117. The Labute approximate surface area is 189 Å². The number of anilines is 1. The van der Waals surface area contributed by atoms with Gasteiger partial charge < -0.3 is 14.7 Å². The minimum absolute atomic E-state index is 0.0936. The molecule has 0 fully saturated rings. The molecule has 4 aromatic heterocycles. The number of hydrogen-bond donors (Lipinski definition) is 2. The number of alkyl halides is 2. The van der Waals surface area contributed by atoms with Gasteiger partial charge in [0, 0.05) is 28.8 Å². The van der Waals surface area contributed by atoms with Crippen molar-refractivity contribution in [2.45, 2.75) is 38.0 Å². The van der Waals surface area contributed by atoms with Crippen LogP contribution in [0.15, 0.2) is 40.1 Å². The number of pyridine rings is 1. The van der Waals surface area contributed by atoms with Gasteiger partial charge in [0.25, 0.3) is 12.0 Å². The third kappa shape index (κ3) is 3.48. The molecule has 0 bridgehead atoms. The minimum atomic E-state index is -2.98. The molecule has 2 N–H and O–H groups in total. The Kier molecular flexibility index (Phi) is 4.82. The van der Waals surface area contributed by atoms with E-state index in [2.05, 4.69) is 25.4 Å². The molecule has 0 radical (unpaired) electrons. The normalized spacial score (nSPS) is 17.0. The number of nitrogens with one attached hydrogen (secondary N) is 2. The molecule has 12 heteroatoms. The molecule has 4 heterocycles. The maximum atomic E-state index is 13.7. The minimum Gasteiger partial charge on any atom is -0.443 e. The number of amides is 1. The lowest BCUT2D eigenvalue weighted by atomic mass is 9.88. The molecule has 0 aliphatic heterocycles. The highest BCUT2D eigenvalue weighted by molar-refractivity contribution is 6.29. The van der Waals surface area contributed by atoms with E-state index < -0.39 is 34.8 Å². The number of carbonyl (C=O) groups excluding carboxylic acids is 1. The van der Waals surface area contributed by atoms with Gasteiger partial charge in [-0.3, -0.25) is 9.59 Å². The number of aromatic nitrogens is 5. The number of carbonyl (C=O) groups is 1. The molecule has 9 nitrogen and oxygen atoms in total. The van der Waals surface area contributed by atoms with Crippen LogP contribution in [0, 0.1) is 0 Å². The van der Waals surface area contributed by atoms with Crippen molar-refractivity contribution >= 4 is 29.0 Å². The fourth-order valence-electron chi connectivity index (χ4n) is 4.43. The summed E-state index contributed by atoms with van der Waals surface area (Å²) in [6, 6.07) is 2.65. The summed E-state index contributed by atoms with van der Waals surface area (Å²) in [6.45, 7) is 3.94. The molecule has 0 saturated heterocycles. The first-order valence-corrected chi connectivity index (χ1v) is 10.3. The highest BCUT2D eigenvalue weighted by Crippen LogP contribution is 2.46. The quantitative estimate of drug-likeness (QED) is 0.460. The Morgan fingerprint density at radius 2 is 2.15 bits per heavy atom. The van der Waals surface area contributed by atoms with E-state index in [1.54, 1.807) is 16.8 Å². The van der Waals surface area contributed by atoms with Crippen LogP contribution in [0.1, 0.15) is 49.4 Å². The van der Waals surface area contributed by atoms with Crippen LogP contribution in [0.3, 0.4) is 0 Å². The maximum Gasteiger partial charge on any atom is 0.264 e. The van der Waals surface area contributed by atoms with Crippen LogP contribution in [0.25, 0.3) is 17.0 Å². The first kappa shape index (κ1) is 21.3. The Balaban J connectivity index is 1.51. The van der Waals surface area contributed by atoms with Crippen LogP contribution in [0.4, 0.5) is 14.6 Å². The third-order valence-corrected chi connectivity index (χ3v) is 5.95. The zero-order chi connectivity index (χ0) is 23.5. The standard InChI is InChI=1S/C21H17ClF2N6O3/c1-21(2)5-10(11-6-26-15-4-13(22)29-30(15)17(11)21)19(31)27-14-3-9(18(23)24)16(20(32)28-14)12-7-25-8-33-12/h3-4,6-8,10,18H,5H2,1-2H3,(H2,27,28,31,32). The van der Waals surface area contributed by atoms with Crippen molar-refractivity contribution in [1.29, 1.82) is 0 Å². The Morgan fingerprint density at radius 3 is 2.85 bits per heavy atom. The lowest BCUT2D eigenvalue weighted by Gasteiger charge is -2.19. The predicted octanol–water partition coefficient (Wildman–Crippen LogP) is 4.07. The van der Waals surface area contributed by atoms with Crippen LogP contribution in [-0.4, -0.2) is 30.5 Å². The number of halogens is 3. The molecule has 4 aromatic rings. The smallest absolute Gasteiger partial charge is 0.264 e. The van der Waals surface area contributed by atoms with Crippen molar-refractivity contribution in [2.75, 3.05) is 5.32 Å². The SMILES string of the molecule is CC1(C)CC(C(=O)Nc2cc(C(F)F)c(-c3cnco3)c(=O)[nH]2)c2cnc3cc(Cl)nn3c21. The summed E-state index contributed by atoms with van der Waals surface area (Å²) in [5, 5.41) is 7.13. The van der Waals surface area contributed by atoms with Gasteiger partial charge in [-0.25, -0.2) is 23.3 Å². The van der Waals surface area contributed by atoms with E-state index in [1.165, 1.54) is 6.20 Å². The average Bonchev–Trinajstić information content (AvgIpc) is 3.44. The lowest BCUT2D eigenvalue weighted by Crippen LogP contribution is -2.24. The highest BCUT2D eigenvalue weighted by Gasteiger charge is 2.43. The topological polar surface area (TPSA) is 118 Å². The largest absolute Gasteiger partial charge is 0.443 e. The van der Waals surface area contributed by atoms with Crippen molar-refractivity contribution in [3.05, 3.63) is 63.2 Å². The molecule has 0 saturated carbocycles. The van der Waals surface area contributed by atoms with Gasteiger partial charge >= 0.3 is 0 Å². The van der Waals surface area contributed by atoms with Crippen molar-refractivity contribution in [3.63, 3.8) is 0 Å². The van der Waals surface area contributed by atoms with E-state index in [0.29, 0.717) is 17.6 Å². The Morgan fingerprint density at radius 1 is 1.36 bits per heavy atom. The van der Waals surface area contributed by atoms with Gasteiger partial charge in [0.15, 0.2) is 23.0 Å². The molecule has 1 atom stereocenters. The molecular formula is C21H17ClF2N6O3. The second-order valence-corrected chi connectivity index (χ2v) is 8.83. The highest BCUT2D eigenvalue weighted by atomic mass is 35.5. The first-order valence-electron chi connectivity index (χ1n) is 9.95. The first-order chi connectivity index (χ1) is 15.7. The van der Waals surface area contributed by atoms with Crippen LogP contribution in [0.2, 0.25) is 5.15 Å². The van der Waals surface area contributed by atoms with Crippen molar-refractivity contribution < 1.29 is 18.0 Å². The maximum absolute atomic E-state index is 13.7. The summed E-state index contributed by atoms with van der Waals surface area (Å²) < 4.78 is 34.1. The zero-order valence-corrected chi connectivity index (χ0v) is 18.2. The van der Waals surface area contributed by atoms with E-state index in [0.717, 1.165) is 18.2 Å². The average molecular weight is 475 g/mol. The molecule has 1 unspecified atom stereocenters. The van der Waals surface area contributed by atoms with E-state index >= 15 is 0 Å². The summed E-state index contributed by atoms with van der Waals surface area (Å²) in [6.07, 6.45) is 1.26. The molecule has 5 rings (SSSR count). The monoisotopic (exact) mass is 474 g/mol. The van der Waals surface area contributed by atoms with Gasteiger partial charge in [-0.1, -0.05) is 25.4 Å². The van der Waals surface area contributed by atoms with Gasteiger partial charge in [0.05, 0.1) is 23.4 Å². The van der Waals surface area contributed by atoms with Crippen molar-refractivity contribution in [1.82, 2.24) is 24.6 Å². The van der Waals surface area contributed by atoms with Crippen molar-refractivity contribution in [3.8, 4) is 11.3 Å². The molecule has 1 aliphatic carbocycles. The molecule has 33 heavy (non-hydrogen) atoms. The summed E-state index contributed by atoms with van der Waals surface area (Å²) in [7, 11) is 0. The zero-order valence-electron chi connectivity index (χ0n) is 17.4. The summed E-state index contributed by atoms with van der Waals surface area (Å²) in [5.41, 5.74) is -0.182. The third-order valence-electron chi connectivity index (χ3n) is 5.76. The van der Waals surface area contributed by atoms with Crippen LogP contribution in [-0.2, 0) is 10.2 Å². The van der Waals surface area contributed by atoms with Gasteiger partial charge in [-0.05, 0) is 12.5 Å². The number of hydrogen-bond acceptors (Lipinski definition) is 6. The fraction of sp³-hybridized carbons (Fsp3) is 0.286. The van der Waals surface area contributed by atoms with E-state index in [4.69, 9.17) is 16.0 Å². The van der Waals surface area contributed by atoms with Gasteiger partial charge in [-0.2, -0.15) is 5.10 Å². The number of oxazole rings is 1. The number of fused-ring (bicyclic) bond motifs is 3. The second kappa shape index (κ2) is 7.48. The number of aromatic amines is 1. The molecule has 1 amide bonds. The van der Waals surface area contributed by atoms with Crippen molar-refractivity contribution in [2.24, 2.45) is 0 Å². The predicted molar refractivity (Wildman–Crippen MR) is 115 cm³/mol. The molecular weight excluding hydrogens is 458 g/mol. The molecule has 0 aromatic carbocycles. The summed E-state index contributed by atoms with van der Waals surface area (Å²) in [5.74, 6) is -1.35. The second-order valence-electron chi connectivity index (χ2n) is 8.44. The Hall–Kier alpha value is -3.60. The Bertz CT molecular complexity index is 1440. The van der Waals surface area contributed by atoms with Crippen LogP contribution < -0.4 is 10.9 Å². The van der Waals surface area contributed by atoms with E-state index in [9.17, 15) is 18.4 Å². The van der Waals surface area contributed by atoms with E-state index in [-0.39, 0.29) is 22.3 Å². The van der Waals surface area contributed by atoms with Gasteiger partial charge in [-0.15, -0.1) is 0 Å². The fourth-order valence-corrected chi connectivity index (χ4v) is 4.61.